The number of furan rings is 1. The molecule has 0 aliphatic rings. The Morgan fingerprint density at radius 2 is 1.96 bits per heavy atom. The molecule has 0 saturated carbocycles. The number of rotatable bonds is 5. The average Bonchev–Trinajstić information content (AvgIpc) is 3.28. The lowest BCUT2D eigenvalue weighted by molar-refractivity contribution is 0.102. The lowest BCUT2D eigenvalue weighted by Gasteiger charge is -2.03. The van der Waals surface area contributed by atoms with Crippen LogP contribution in [-0.2, 0) is 0 Å². The van der Waals surface area contributed by atoms with Crippen LogP contribution in [0.15, 0.2) is 68.3 Å². The quantitative estimate of drug-likeness (QED) is 0.509. The highest BCUT2D eigenvalue weighted by Crippen LogP contribution is 2.27. The van der Waals surface area contributed by atoms with Crippen LogP contribution in [0.1, 0.15) is 17.3 Å². The number of fused-ring (bicyclic) bond motifs is 1. The Kier molecular flexibility index (Phi) is 4.45. The summed E-state index contributed by atoms with van der Waals surface area (Å²) in [5, 5.41) is 11.4. The first-order valence-corrected chi connectivity index (χ1v) is 9.08. The molecule has 2 aromatic carbocycles. The van der Waals surface area contributed by atoms with Crippen LogP contribution in [0.4, 0.5) is 6.01 Å². The number of benzene rings is 2. The third-order valence-electron chi connectivity index (χ3n) is 3.69. The summed E-state index contributed by atoms with van der Waals surface area (Å²) in [6.07, 6.45) is 0. The van der Waals surface area contributed by atoms with Crippen LogP contribution < -0.4 is 5.32 Å². The molecule has 0 atom stereocenters. The van der Waals surface area contributed by atoms with E-state index in [4.69, 9.17) is 8.83 Å². The number of aromatic nitrogens is 2. The number of carbonyl (C=O) groups is 1. The first-order valence-electron chi connectivity index (χ1n) is 8.09. The summed E-state index contributed by atoms with van der Waals surface area (Å²) in [6.45, 7) is 2.06. The molecule has 2 heterocycles. The second-order valence-electron chi connectivity index (χ2n) is 5.48. The Hall–Kier alpha value is -3.06. The number of carbonyl (C=O) groups excluding carboxylic acids is 1. The number of para-hydroxylation sites is 1. The summed E-state index contributed by atoms with van der Waals surface area (Å²) in [4.78, 5) is 13.4. The molecule has 4 aromatic rings. The van der Waals surface area contributed by atoms with Gasteiger partial charge in [-0.2, -0.15) is 0 Å². The Labute approximate surface area is 153 Å². The molecule has 0 saturated heterocycles. The van der Waals surface area contributed by atoms with Crippen LogP contribution in [0.25, 0.3) is 22.6 Å². The van der Waals surface area contributed by atoms with Gasteiger partial charge in [0, 0.05) is 15.8 Å². The summed E-state index contributed by atoms with van der Waals surface area (Å²) in [7, 11) is 0. The molecule has 6 nitrogen and oxygen atoms in total. The maximum atomic E-state index is 12.4. The van der Waals surface area contributed by atoms with Crippen molar-refractivity contribution in [2.45, 2.75) is 11.8 Å². The molecule has 7 heteroatoms. The van der Waals surface area contributed by atoms with Gasteiger partial charge >= 0.3 is 6.01 Å². The molecule has 0 bridgehead atoms. The fraction of sp³-hybridized carbons (Fsp3) is 0.105. The molecule has 0 spiro atoms. The normalized spacial score (nSPS) is 11.0. The fourth-order valence-corrected chi connectivity index (χ4v) is 3.24. The number of anilines is 1. The summed E-state index contributed by atoms with van der Waals surface area (Å²) in [6, 6.07) is 16.8. The highest BCUT2D eigenvalue weighted by Gasteiger charge is 2.16. The van der Waals surface area contributed by atoms with Gasteiger partial charge in [0.2, 0.25) is 0 Å². The number of nitrogens with one attached hydrogen (secondary N) is 1. The van der Waals surface area contributed by atoms with Gasteiger partial charge in [0.25, 0.3) is 11.8 Å². The van der Waals surface area contributed by atoms with Gasteiger partial charge in [-0.15, -0.1) is 16.9 Å². The van der Waals surface area contributed by atoms with Crippen molar-refractivity contribution in [3.8, 4) is 11.7 Å². The summed E-state index contributed by atoms with van der Waals surface area (Å²) in [5.41, 5.74) is 1.27. The van der Waals surface area contributed by atoms with Gasteiger partial charge in [0.1, 0.15) is 5.58 Å². The van der Waals surface area contributed by atoms with E-state index in [0.29, 0.717) is 11.3 Å². The fourth-order valence-electron chi connectivity index (χ4n) is 2.52. The maximum Gasteiger partial charge on any atom is 0.322 e. The molecule has 4 rings (SSSR count). The molecule has 1 amide bonds. The van der Waals surface area contributed by atoms with E-state index in [1.165, 1.54) is 0 Å². The predicted molar refractivity (Wildman–Crippen MR) is 100 cm³/mol. The van der Waals surface area contributed by atoms with Gasteiger partial charge in [0.05, 0.1) is 0 Å². The van der Waals surface area contributed by atoms with Gasteiger partial charge in [-0.25, -0.2) is 0 Å². The minimum atomic E-state index is -0.302. The Bertz CT molecular complexity index is 1040. The Morgan fingerprint density at radius 1 is 1.08 bits per heavy atom. The van der Waals surface area contributed by atoms with Gasteiger partial charge in [-0.3, -0.25) is 10.1 Å². The zero-order chi connectivity index (χ0) is 17.9. The third kappa shape index (κ3) is 3.34. The van der Waals surface area contributed by atoms with Crippen molar-refractivity contribution in [1.29, 1.82) is 0 Å². The van der Waals surface area contributed by atoms with E-state index in [1.807, 2.05) is 48.5 Å². The van der Waals surface area contributed by atoms with Gasteiger partial charge in [0.15, 0.2) is 5.76 Å². The molecule has 0 aliphatic carbocycles. The first-order chi connectivity index (χ1) is 12.7. The van der Waals surface area contributed by atoms with Crippen molar-refractivity contribution in [3.63, 3.8) is 0 Å². The molecular formula is C19H15N3O3S. The molecule has 130 valence electrons. The van der Waals surface area contributed by atoms with Crippen molar-refractivity contribution in [2.75, 3.05) is 11.1 Å². The van der Waals surface area contributed by atoms with Crippen molar-refractivity contribution in [1.82, 2.24) is 10.2 Å². The van der Waals surface area contributed by atoms with E-state index in [-0.39, 0.29) is 17.8 Å². The minimum Gasteiger partial charge on any atom is -0.451 e. The van der Waals surface area contributed by atoms with Crippen LogP contribution in [0.3, 0.4) is 0 Å². The van der Waals surface area contributed by atoms with E-state index in [1.54, 1.807) is 17.8 Å². The Morgan fingerprint density at radius 3 is 2.81 bits per heavy atom. The average molecular weight is 365 g/mol. The number of thioether (sulfide) groups is 1. The highest BCUT2D eigenvalue weighted by atomic mass is 32.2. The van der Waals surface area contributed by atoms with Crippen LogP contribution in [-0.4, -0.2) is 21.9 Å². The summed E-state index contributed by atoms with van der Waals surface area (Å²) < 4.78 is 11.2. The van der Waals surface area contributed by atoms with Crippen molar-refractivity contribution in [2.24, 2.45) is 0 Å². The van der Waals surface area contributed by atoms with E-state index >= 15 is 0 Å². The number of hydrogen-bond donors (Lipinski definition) is 1. The summed E-state index contributed by atoms with van der Waals surface area (Å²) in [5.74, 6) is 1.31. The summed E-state index contributed by atoms with van der Waals surface area (Å²) >= 11 is 1.67. The van der Waals surface area contributed by atoms with Crippen LogP contribution in [0.5, 0.6) is 0 Å². The Balaban J connectivity index is 1.53. The molecule has 0 radical (unpaired) electrons. The molecule has 26 heavy (non-hydrogen) atoms. The van der Waals surface area contributed by atoms with Gasteiger partial charge in [-0.05, 0) is 36.1 Å². The molecule has 0 aliphatic heterocycles. The van der Waals surface area contributed by atoms with Gasteiger partial charge < -0.3 is 8.83 Å². The van der Waals surface area contributed by atoms with Crippen molar-refractivity contribution >= 4 is 34.7 Å². The molecule has 2 aromatic heterocycles. The van der Waals surface area contributed by atoms with E-state index in [0.717, 1.165) is 21.6 Å². The number of hydrogen-bond acceptors (Lipinski definition) is 6. The molecule has 0 unspecified atom stereocenters. The smallest absolute Gasteiger partial charge is 0.322 e. The van der Waals surface area contributed by atoms with E-state index in [2.05, 4.69) is 22.4 Å². The number of nitrogens with zero attached hydrogens (tertiary/aromatic N) is 2. The maximum absolute atomic E-state index is 12.4. The standard InChI is InChI=1S/C19H15N3O3S/c1-2-26-14-8-5-7-13(10-14)17(23)20-19-22-21-18(25-19)16-11-12-6-3-4-9-15(12)24-16/h3-11H,2H2,1H3,(H,20,22,23). The third-order valence-corrected chi connectivity index (χ3v) is 4.56. The second kappa shape index (κ2) is 7.05. The van der Waals surface area contributed by atoms with Crippen LogP contribution in [0, 0.1) is 0 Å². The predicted octanol–water partition coefficient (Wildman–Crippen LogP) is 4.85. The monoisotopic (exact) mass is 365 g/mol. The van der Waals surface area contributed by atoms with E-state index < -0.39 is 0 Å². The molecule has 0 fully saturated rings. The van der Waals surface area contributed by atoms with Gasteiger partial charge in [-0.1, -0.05) is 36.3 Å². The van der Waals surface area contributed by atoms with Crippen molar-refractivity contribution in [3.05, 3.63) is 60.2 Å². The first kappa shape index (κ1) is 16.4. The second-order valence-corrected chi connectivity index (χ2v) is 6.81. The largest absolute Gasteiger partial charge is 0.451 e. The zero-order valence-corrected chi connectivity index (χ0v) is 14.7. The molecule has 1 N–H and O–H groups in total. The SMILES string of the molecule is CCSc1cccc(C(=O)Nc2nnc(-c3cc4ccccc4o3)o2)c1. The van der Waals surface area contributed by atoms with Crippen LogP contribution >= 0.6 is 11.8 Å². The van der Waals surface area contributed by atoms with Crippen molar-refractivity contribution < 1.29 is 13.6 Å². The number of amides is 1. The topological polar surface area (TPSA) is 81.2 Å². The molecular weight excluding hydrogens is 350 g/mol. The highest BCUT2D eigenvalue weighted by molar-refractivity contribution is 7.99. The van der Waals surface area contributed by atoms with E-state index in [9.17, 15) is 4.79 Å². The lowest BCUT2D eigenvalue weighted by Crippen LogP contribution is -2.12. The lowest BCUT2D eigenvalue weighted by atomic mass is 10.2. The minimum absolute atomic E-state index is 0.0269. The zero-order valence-electron chi connectivity index (χ0n) is 13.9. The van der Waals surface area contributed by atoms with Crippen LogP contribution in [0.2, 0.25) is 0 Å².